The van der Waals surface area contributed by atoms with E-state index in [2.05, 4.69) is 41.1 Å². The van der Waals surface area contributed by atoms with Crippen LogP contribution in [0.5, 0.6) is 0 Å². The van der Waals surface area contributed by atoms with Crippen LogP contribution in [0, 0.1) is 0 Å². The molecule has 4 heteroatoms. The van der Waals surface area contributed by atoms with Crippen LogP contribution in [0.15, 0.2) is 6.20 Å². The van der Waals surface area contributed by atoms with Crippen LogP contribution >= 0.6 is 0 Å². The van der Waals surface area contributed by atoms with Crippen LogP contribution in [-0.2, 0) is 6.54 Å². The van der Waals surface area contributed by atoms with Crippen LogP contribution < -0.4 is 5.32 Å². The summed E-state index contributed by atoms with van der Waals surface area (Å²) in [6.45, 7) is 8.58. The highest BCUT2D eigenvalue weighted by Gasteiger charge is 2.15. The lowest BCUT2D eigenvalue weighted by Crippen LogP contribution is -2.24. The molecule has 0 bridgehead atoms. The number of hydrogen-bond acceptors (Lipinski definition) is 3. The smallest absolute Gasteiger partial charge is 0.0756 e. The number of aromatic nitrogens is 3. The van der Waals surface area contributed by atoms with Crippen molar-refractivity contribution >= 4 is 0 Å². The van der Waals surface area contributed by atoms with Gasteiger partial charge in [0.25, 0.3) is 0 Å². The Kier molecular flexibility index (Phi) is 9.29. The zero-order valence-corrected chi connectivity index (χ0v) is 13.6. The van der Waals surface area contributed by atoms with Gasteiger partial charge in [-0.25, -0.2) is 4.68 Å². The Hall–Kier alpha value is -0.900. The summed E-state index contributed by atoms with van der Waals surface area (Å²) in [6.07, 6.45) is 12.3. The Morgan fingerprint density at radius 2 is 1.80 bits per heavy atom. The lowest BCUT2D eigenvalue weighted by atomic mass is 10.0. The van der Waals surface area contributed by atoms with Gasteiger partial charge in [-0.05, 0) is 19.4 Å². The number of hydrogen-bond donors (Lipinski definition) is 1. The molecule has 1 aromatic rings. The summed E-state index contributed by atoms with van der Waals surface area (Å²) in [6, 6.07) is 0.410. The van der Waals surface area contributed by atoms with Gasteiger partial charge < -0.3 is 5.32 Å². The zero-order chi connectivity index (χ0) is 14.6. The minimum atomic E-state index is 0.410. The number of nitrogens with zero attached hydrogens (tertiary/aromatic N) is 3. The fraction of sp³-hybridized carbons (Fsp3) is 0.875. The van der Waals surface area contributed by atoms with Crippen molar-refractivity contribution in [3.8, 4) is 0 Å². The summed E-state index contributed by atoms with van der Waals surface area (Å²) in [5.41, 5.74) is 1.25. The van der Waals surface area contributed by atoms with Gasteiger partial charge in [0, 0.05) is 6.54 Å². The van der Waals surface area contributed by atoms with Crippen molar-refractivity contribution in [3.63, 3.8) is 0 Å². The molecule has 116 valence electrons. The normalized spacial score (nSPS) is 12.8. The summed E-state index contributed by atoms with van der Waals surface area (Å²) in [5, 5.41) is 11.9. The van der Waals surface area contributed by atoms with E-state index in [0.717, 1.165) is 19.5 Å². The second-order valence-corrected chi connectivity index (χ2v) is 5.55. The average Bonchev–Trinajstić information content (AvgIpc) is 2.90. The predicted octanol–water partition coefficient (Wildman–Crippen LogP) is 4.09. The summed E-state index contributed by atoms with van der Waals surface area (Å²) in [4.78, 5) is 0. The molecule has 0 saturated heterocycles. The number of nitrogens with one attached hydrogen (secondary N) is 1. The fourth-order valence-corrected chi connectivity index (χ4v) is 2.65. The van der Waals surface area contributed by atoms with Gasteiger partial charge in [0.05, 0.1) is 17.9 Å². The van der Waals surface area contributed by atoms with E-state index >= 15 is 0 Å². The fourth-order valence-electron chi connectivity index (χ4n) is 2.65. The number of aryl methyl sites for hydroxylation is 1. The molecule has 0 aliphatic heterocycles. The first-order chi connectivity index (χ1) is 9.83. The predicted molar refractivity (Wildman–Crippen MR) is 84.7 cm³/mol. The molecule has 1 heterocycles. The first-order valence-electron chi connectivity index (χ1n) is 8.45. The van der Waals surface area contributed by atoms with Crippen molar-refractivity contribution in [1.29, 1.82) is 0 Å². The van der Waals surface area contributed by atoms with Gasteiger partial charge in [-0.15, -0.1) is 5.10 Å². The molecule has 20 heavy (non-hydrogen) atoms. The summed E-state index contributed by atoms with van der Waals surface area (Å²) >= 11 is 0. The molecule has 0 aromatic carbocycles. The van der Waals surface area contributed by atoms with Crippen molar-refractivity contribution in [1.82, 2.24) is 20.3 Å². The van der Waals surface area contributed by atoms with Gasteiger partial charge in [-0.1, -0.05) is 64.5 Å². The molecule has 1 unspecified atom stereocenters. The molecule has 1 atom stereocenters. The highest BCUT2D eigenvalue weighted by atomic mass is 15.4. The van der Waals surface area contributed by atoms with Crippen molar-refractivity contribution < 1.29 is 0 Å². The van der Waals surface area contributed by atoms with Gasteiger partial charge in [-0.2, -0.15) is 0 Å². The van der Waals surface area contributed by atoms with Gasteiger partial charge in [-0.3, -0.25) is 0 Å². The molecule has 0 radical (unpaired) electrons. The van der Waals surface area contributed by atoms with Crippen molar-refractivity contribution in [2.24, 2.45) is 0 Å². The van der Waals surface area contributed by atoms with E-state index in [4.69, 9.17) is 0 Å². The molecule has 1 rings (SSSR count). The Morgan fingerprint density at radius 1 is 1.05 bits per heavy atom. The maximum Gasteiger partial charge on any atom is 0.0756 e. The van der Waals surface area contributed by atoms with Crippen molar-refractivity contribution in [2.45, 2.75) is 84.7 Å². The van der Waals surface area contributed by atoms with E-state index in [9.17, 15) is 0 Å². The largest absolute Gasteiger partial charge is 0.309 e. The van der Waals surface area contributed by atoms with Crippen LogP contribution in [0.25, 0.3) is 0 Å². The molecule has 0 saturated carbocycles. The van der Waals surface area contributed by atoms with Crippen LogP contribution in [0.1, 0.15) is 83.9 Å². The standard InChI is InChI=1S/C16H32N4/c1-4-7-8-9-10-11-12-15(17-6-3)16-14-18-19-20(16)13-5-2/h14-15,17H,4-13H2,1-3H3. The molecule has 0 fully saturated rings. The Bertz CT molecular complexity index is 335. The van der Waals surface area contributed by atoms with E-state index in [1.54, 1.807) is 0 Å². The Morgan fingerprint density at radius 3 is 2.50 bits per heavy atom. The topological polar surface area (TPSA) is 42.7 Å². The summed E-state index contributed by atoms with van der Waals surface area (Å²) in [5.74, 6) is 0. The lowest BCUT2D eigenvalue weighted by molar-refractivity contribution is 0.435. The van der Waals surface area contributed by atoms with Gasteiger partial charge in [0.15, 0.2) is 0 Å². The Balaban J connectivity index is 2.41. The molecule has 1 aromatic heterocycles. The van der Waals surface area contributed by atoms with E-state index in [0.29, 0.717) is 6.04 Å². The third-order valence-corrected chi connectivity index (χ3v) is 3.74. The molecular weight excluding hydrogens is 248 g/mol. The maximum atomic E-state index is 4.20. The van der Waals surface area contributed by atoms with Gasteiger partial charge in [0.2, 0.25) is 0 Å². The quantitative estimate of drug-likeness (QED) is 0.586. The molecule has 1 N–H and O–H groups in total. The van der Waals surface area contributed by atoms with Gasteiger partial charge >= 0.3 is 0 Å². The van der Waals surface area contributed by atoms with E-state index < -0.39 is 0 Å². The third kappa shape index (κ3) is 6.04. The molecule has 0 aliphatic rings. The SMILES string of the molecule is CCCCCCCCC(NCC)c1cnnn1CCC. The molecule has 0 aliphatic carbocycles. The maximum absolute atomic E-state index is 4.20. The highest BCUT2D eigenvalue weighted by Crippen LogP contribution is 2.20. The summed E-state index contributed by atoms with van der Waals surface area (Å²) in [7, 11) is 0. The first kappa shape index (κ1) is 17.2. The summed E-state index contributed by atoms with van der Waals surface area (Å²) < 4.78 is 2.06. The van der Waals surface area contributed by atoms with E-state index in [1.807, 2.05) is 6.20 Å². The third-order valence-electron chi connectivity index (χ3n) is 3.74. The van der Waals surface area contributed by atoms with E-state index in [1.165, 1.54) is 50.6 Å². The minimum Gasteiger partial charge on any atom is -0.309 e. The second kappa shape index (κ2) is 10.8. The monoisotopic (exact) mass is 280 g/mol. The number of unbranched alkanes of at least 4 members (excludes halogenated alkanes) is 5. The number of rotatable bonds is 12. The van der Waals surface area contributed by atoms with Crippen LogP contribution in [0.3, 0.4) is 0 Å². The zero-order valence-electron chi connectivity index (χ0n) is 13.6. The second-order valence-electron chi connectivity index (χ2n) is 5.55. The first-order valence-corrected chi connectivity index (χ1v) is 8.45. The average molecular weight is 280 g/mol. The van der Waals surface area contributed by atoms with Crippen molar-refractivity contribution in [3.05, 3.63) is 11.9 Å². The van der Waals surface area contributed by atoms with Gasteiger partial charge in [0.1, 0.15) is 0 Å². The van der Waals surface area contributed by atoms with Crippen LogP contribution in [0.4, 0.5) is 0 Å². The minimum absolute atomic E-state index is 0.410. The molecular formula is C16H32N4. The molecule has 0 amide bonds. The van der Waals surface area contributed by atoms with Crippen molar-refractivity contribution in [2.75, 3.05) is 6.54 Å². The van der Waals surface area contributed by atoms with Crippen LogP contribution in [-0.4, -0.2) is 21.5 Å². The Labute approximate surface area is 124 Å². The van der Waals surface area contributed by atoms with E-state index in [-0.39, 0.29) is 0 Å². The lowest BCUT2D eigenvalue weighted by Gasteiger charge is -2.18. The molecule has 0 spiro atoms. The van der Waals surface area contributed by atoms with Crippen LogP contribution in [0.2, 0.25) is 0 Å². The highest BCUT2D eigenvalue weighted by molar-refractivity contribution is 5.02. The molecule has 4 nitrogen and oxygen atoms in total.